The van der Waals surface area contributed by atoms with E-state index in [4.69, 9.17) is 5.73 Å². The lowest BCUT2D eigenvalue weighted by Crippen LogP contribution is -2.15. The second-order valence-electron chi connectivity index (χ2n) is 4.05. The van der Waals surface area contributed by atoms with Crippen molar-refractivity contribution in [3.05, 3.63) is 23.7 Å². The molecular formula is C11H17N5. The summed E-state index contributed by atoms with van der Waals surface area (Å²) in [6, 6.07) is 3.75. The van der Waals surface area contributed by atoms with E-state index >= 15 is 0 Å². The van der Waals surface area contributed by atoms with Crippen LogP contribution in [0.15, 0.2) is 12.1 Å². The summed E-state index contributed by atoms with van der Waals surface area (Å²) < 4.78 is 1.75. The summed E-state index contributed by atoms with van der Waals surface area (Å²) in [4.78, 5) is 0. The molecule has 2 aromatic rings. The van der Waals surface area contributed by atoms with Gasteiger partial charge >= 0.3 is 0 Å². The number of nitrogens with two attached hydrogens (primary N) is 1. The zero-order chi connectivity index (χ0) is 11.5. The van der Waals surface area contributed by atoms with E-state index in [1.165, 1.54) is 0 Å². The Morgan fingerprint density at radius 3 is 2.94 bits per heavy atom. The van der Waals surface area contributed by atoms with Crippen LogP contribution in [-0.4, -0.2) is 19.8 Å². The number of unbranched alkanes of at least 4 members (excludes halogenated alkanes) is 1. The van der Waals surface area contributed by atoms with Crippen molar-refractivity contribution in [3.8, 4) is 0 Å². The Bertz CT molecular complexity index is 476. The maximum Gasteiger partial charge on any atom is 0.177 e. The third-order valence-corrected chi connectivity index (χ3v) is 2.62. The first-order chi connectivity index (χ1) is 7.72. The van der Waals surface area contributed by atoms with Gasteiger partial charge in [0.15, 0.2) is 11.5 Å². The first kappa shape index (κ1) is 11.0. The van der Waals surface area contributed by atoms with Crippen molar-refractivity contribution in [1.82, 2.24) is 19.8 Å². The van der Waals surface area contributed by atoms with Crippen molar-refractivity contribution in [2.45, 2.75) is 39.2 Å². The topological polar surface area (TPSA) is 69.1 Å². The van der Waals surface area contributed by atoms with Crippen molar-refractivity contribution in [3.63, 3.8) is 0 Å². The molecule has 2 N–H and O–H groups in total. The molecule has 2 heterocycles. The fourth-order valence-electron chi connectivity index (χ4n) is 1.68. The predicted octanol–water partition coefficient (Wildman–Crippen LogP) is 1.62. The number of hydrogen-bond acceptors (Lipinski definition) is 4. The molecule has 0 fully saturated rings. The van der Waals surface area contributed by atoms with Crippen molar-refractivity contribution >= 4 is 5.65 Å². The van der Waals surface area contributed by atoms with Gasteiger partial charge in [-0.05, 0) is 25.5 Å². The molecule has 0 spiro atoms. The second-order valence-corrected chi connectivity index (χ2v) is 4.05. The normalized spacial score (nSPS) is 13.2. The number of fused-ring (bicyclic) bond motifs is 1. The van der Waals surface area contributed by atoms with Crippen LogP contribution >= 0.6 is 0 Å². The molecule has 86 valence electrons. The first-order valence-corrected chi connectivity index (χ1v) is 5.67. The molecular weight excluding hydrogens is 202 g/mol. The monoisotopic (exact) mass is 219 g/mol. The van der Waals surface area contributed by atoms with E-state index in [9.17, 15) is 0 Å². The van der Waals surface area contributed by atoms with Gasteiger partial charge in [-0.1, -0.05) is 19.8 Å². The highest BCUT2D eigenvalue weighted by molar-refractivity contribution is 5.36. The van der Waals surface area contributed by atoms with E-state index in [2.05, 4.69) is 22.2 Å². The minimum atomic E-state index is -0.0794. The zero-order valence-corrected chi connectivity index (χ0v) is 9.72. The highest BCUT2D eigenvalue weighted by Gasteiger charge is 2.14. The number of hydrogen-bond donors (Lipinski definition) is 1. The summed E-state index contributed by atoms with van der Waals surface area (Å²) in [7, 11) is 0. The summed E-state index contributed by atoms with van der Waals surface area (Å²) in [5.41, 5.74) is 7.78. The van der Waals surface area contributed by atoms with Crippen LogP contribution in [0.5, 0.6) is 0 Å². The fourth-order valence-corrected chi connectivity index (χ4v) is 1.68. The fraction of sp³-hybridized carbons (Fsp3) is 0.545. The van der Waals surface area contributed by atoms with Crippen LogP contribution in [0.1, 0.15) is 43.7 Å². The Balaban J connectivity index is 2.33. The molecule has 0 amide bonds. The number of nitrogens with zero attached hydrogens (tertiary/aromatic N) is 4. The lowest BCUT2D eigenvalue weighted by molar-refractivity contribution is 0.560. The van der Waals surface area contributed by atoms with Crippen molar-refractivity contribution in [2.24, 2.45) is 5.73 Å². The van der Waals surface area contributed by atoms with Gasteiger partial charge in [0.1, 0.15) is 0 Å². The maximum atomic E-state index is 6.08. The van der Waals surface area contributed by atoms with Gasteiger partial charge in [-0.3, -0.25) is 0 Å². The summed E-state index contributed by atoms with van der Waals surface area (Å²) in [6.45, 7) is 4.10. The third kappa shape index (κ3) is 2.04. The van der Waals surface area contributed by atoms with Gasteiger partial charge in [0.2, 0.25) is 0 Å². The minimum absolute atomic E-state index is 0.0794. The van der Waals surface area contributed by atoms with Crippen molar-refractivity contribution in [1.29, 1.82) is 0 Å². The summed E-state index contributed by atoms with van der Waals surface area (Å²) in [5, 5.41) is 12.6. The van der Waals surface area contributed by atoms with Gasteiger partial charge in [0, 0.05) is 0 Å². The van der Waals surface area contributed by atoms with E-state index in [0.29, 0.717) is 0 Å². The number of rotatable bonds is 4. The lowest BCUT2D eigenvalue weighted by Gasteiger charge is -2.08. The molecule has 2 rings (SSSR count). The zero-order valence-electron chi connectivity index (χ0n) is 9.72. The molecule has 1 unspecified atom stereocenters. The van der Waals surface area contributed by atoms with Crippen LogP contribution in [0, 0.1) is 6.92 Å². The number of aromatic nitrogens is 4. The van der Waals surface area contributed by atoms with Gasteiger partial charge in [-0.25, -0.2) is 0 Å². The van der Waals surface area contributed by atoms with E-state index < -0.39 is 0 Å². The Labute approximate surface area is 94.7 Å². The molecule has 1 atom stereocenters. The van der Waals surface area contributed by atoms with Crippen molar-refractivity contribution < 1.29 is 0 Å². The average Bonchev–Trinajstić information content (AvgIpc) is 2.68. The minimum Gasteiger partial charge on any atom is -0.321 e. The Hall–Kier alpha value is -1.49. The SMILES string of the molecule is CCCCC(N)c1nnc2ccc(C)nn12. The molecule has 0 aliphatic carbocycles. The van der Waals surface area contributed by atoms with E-state index in [0.717, 1.165) is 36.4 Å². The Morgan fingerprint density at radius 1 is 1.38 bits per heavy atom. The van der Waals surface area contributed by atoms with Gasteiger partial charge in [-0.2, -0.15) is 9.61 Å². The highest BCUT2D eigenvalue weighted by atomic mass is 15.4. The maximum absolute atomic E-state index is 6.08. The van der Waals surface area contributed by atoms with Gasteiger partial charge in [0.25, 0.3) is 0 Å². The van der Waals surface area contributed by atoms with Gasteiger partial charge in [-0.15, -0.1) is 10.2 Å². The second kappa shape index (κ2) is 4.57. The Kier molecular flexibility index (Phi) is 3.14. The molecule has 2 aromatic heterocycles. The molecule has 0 saturated carbocycles. The molecule has 5 nitrogen and oxygen atoms in total. The first-order valence-electron chi connectivity index (χ1n) is 5.67. The van der Waals surface area contributed by atoms with Crippen LogP contribution < -0.4 is 5.73 Å². The molecule has 0 saturated heterocycles. The molecule has 5 heteroatoms. The molecule has 0 bridgehead atoms. The molecule has 16 heavy (non-hydrogen) atoms. The lowest BCUT2D eigenvalue weighted by atomic mass is 10.1. The molecule has 0 aliphatic heterocycles. The largest absolute Gasteiger partial charge is 0.321 e. The average molecular weight is 219 g/mol. The molecule has 0 aromatic carbocycles. The van der Waals surface area contributed by atoms with E-state index in [-0.39, 0.29) is 6.04 Å². The van der Waals surface area contributed by atoms with Gasteiger partial charge < -0.3 is 5.73 Å². The van der Waals surface area contributed by atoms with Crippen LogP contribution in [0.4, 0.5) is 0 Å². The van der Waals surface area contributed by atoms with Crippen LogP contribution in [0.3, 0.4) is 0 Å². The standard InChI is InChI=1S/C11H17N5/c1-3-4-5-9(12)11-14-13-10-7-6-8(2)15-16(10)11/h6-7,9H,3-5,12H2,1-2H3. The molecule has 0 aliphatic rings. The van der Waals surface area contributed by atoms with E-state index in [1.807, 2.05) is 19.1 Å². The van der Waals surface area contributed by atoms with Crippen LogP contribution in [-0.2, 0) is 0 Å². The van der Waals surface area contributed by atoms with E-state index in [1.54, 1.807) is 4.52 Å². The summed E-state index contributed by atoms with van der Waals surface area (Å²) in [6.07, 6.45) is 3.16. The van der Waals surface area contributed by atoms with Crippen molar-refractivity contribution in [2.75, 3.05) is 0 Å². The Morgan fingerprint density at radius 2 is 2.19 bits per heavy atom. The van der Waals surface area contributed by atoms with Gasteiger partial charge in [0.05, 0.1) is 11.7 Å². The summed E-state index contributed by atoms with van der Waals surface area (Å²) in [5.74, 6) is 0.757. The molecule has 0 radical (unpaired) electrons. The third-order valence-electron chi connectivity index (χ3n) is 2.62. The highest BCUT2D eigenvalue weighted by Crippen LogP contribution is 2.15. The van der Waals surface area contributed by atoms with Crippen LogP contribution in [0.2, 0.25) is 0 Å². The number of aryl methyl sites for hydroxylation is 1. The van der Waals surface area contributed by atoms with Crippen LogP contribution in [0.25, 0.3) is 5.65 Å². The summed E-state index contributed by atoms with van der Waals surface area (Å²) >= 11 is 0. The smallest absolute Gasteiger partial charge is 0.177 e. The predicted molar refractivity (Wildman–Crippen MR) is 62.0 cm³/mol. The quantitative estimate of drug-likeness (QED) is 0.848.